The number of hydrogen-bond donors (Lipinski definition) is 1. The van der Waals surface area contributed by atoms with Crippen molar-refractivity contribution < 1.29 is 9.59 Å². The summed E-state index contributed by atoms with van der Waals surface area (Å²) in [6, 6.07) is 13.5. The molecule has 0 aliphatic heterocycles. The zero-order valence-corrected chi connectivity index (χ0v) is 18.2. The Morgan fingerprint density at radius 1 is 1.13 bits per heavy atom. The second kappa shape index (κ2) is 9.57. The van der Waals surface area contributed by atoms with E-state index < -0.39 is 0 Å². The second-order valence-corrected chi connectivity index (χ2v) is 7.77. The lowest BCUT2D eigenvalue weighted by Gasteiger charge is -2.18. The summed E-state index contributed by atoms with van der Waals surface area (Å²) >= 11 is 0. The van der Waals surface area contributed by atoms with Crippen LogP contribution in [-0.2, 0) is 17.9 Å². The van der Waals surface area contributed by atoms with Gasteiger partial charge in [0, 0.05) is 19.2 Å². The van der Waals surface area contributed by atoms with Gasteiger partial charge >= 0.3 is 0 Å². The van der Waals surface area contributed by atoms with Gasteiger partial charge in [0.15, 0.2) is 0 Å². The number of aryl methyl sites for hydroxylation is 2. The molecule has 2 amide bonds. The molecular formula is C24H30N4O2. The van der Waals surface area contributed by atoms with Crippen LogP contribution in [0.1, 0.15) is 47.1 Å². The lowest BCUT2D eigenvalue weighted by Crippen LogP contribution is -2.32. The van der Waals surface area contributed by atoms with Crippen molar-refractivity contribution in [2.45, 2.75) is 46.7 Å². The third-order valence-electron chi connectivity index (χ3n) is 5.33. The molecule has 158 valence electrons. The van der Waals surface area contributed by atoms with Gasteiger partial charge in [-0.25, -0.2) is 4.98 Å². The van der Waals surface area contributed by atoms with Crippen LogP contribution in [0.3, 0.4) is 0 Å². The van der Waals surface area contributed by atoms with E-state index in [9.17, 15) is 9.59 Å². The van der Waals surface area contributed by atoms with Gasteiger partial charge in [0.2, 0.25) is 5.91 Å². The molecule has 0 aliphatic rings. The smallest absolute Gasteiger partial charge is 0.251 e. The van der Waals surface area contributed by atoms with Crippen molar-refractivity contribution in [1.29, 1.82) is 0 Å². The molecule has 1 aromatic heterocycles. The van der Waals surface area contributed by atoms with E-state index in [4.69, 9.17) is 0 Å². The molecule has 3 aromatic rings. The standard InChI is InChI=1S/C24H30N4O2/c1-5-6-13-27(4)23(29)16-28-21-10-8-7-9-20(21)26-22(28)15-25-24(30)19-12-11-17(2)14-18(19)3/h7-12,14H,5-6,13,15-16H2,1-4H3,(H,25,30). The van der Waals surface area contributed by atoms with E-state index in [0.717, 1.165) is 41.5 Å². The number of likely N-dealkylation sites (N-methyl/N-ethyl adjacent to an activating group) is 1. The first-order valence-electron chi connectivity index (χ1n) is 10.4. The average molecular weight is 407 g/mol. The highest BCUT2D eigenvalue weighted by Gasteiger charge is 2.17. The Hall–Kier alpha value is -3.15. The number of amides is 2. The molecule has 0 saturated carbocycles. The average Bonchev–Trinajstić information content (AvgIpc) is 3.07. The number of carbonyl (C=O) groups is 2. The molecule has 0 spiro atoms. The first-order chi connectivity index (χ1) is 14.4. The number of benzene rings is 2. The van der Waals surface area contributed by atoms with Crippen molar-refractivity contribution >= 4 is 22.8 Å². The van der Waals surface area contributed by atoms with Crippen LogP contribution in [-0.4, -0.2) is 39.9 Å². The molecule has 30 heavy (non-hydrogen) atoms. The molecular weight excluding hydrogens is 376 g/mol. The molecule has 0 unspecified atom stereocenters. The molecule has 0 saturated heterocycles. The normalized spacial score (nSPS) is 10.9. The number of hydrogen-bond acceptors (Lipinski definition) is 3. The molecule has 0 atom stereocenters. The lowest BCUT2D eigenvalue weighted by molar-refractivity contribution is -0.130. The van der Waals surface area contributed by atoms with Gasteiger partial charge in [-0.05, 0) is 44.0 Å². The Morgan fingerprint density at radius 2 is 1.90 bits per heavy atom. The number of rotatable bonds is 8. The molecule has 0 bridgehead atoms. The topological polar surface area (TPSA) is 67.2 Å². The molecule has 1 heterocycles. The largest absolute Gasteiger partial charge is 0.345 e. The minimum atomic E-state index is -0.141. The van der Waals surface area contributed by atoms with Crippen LogP contribution < -0.4 is 5.32 Å². The van der Waals surface area contributed by atoms with Gasteiger partial charge in [-0.2, -0.15) is 0 Å². The number of aromatic nitrogens is 2. The molecule has 0 aliphatic carbocycles. The van der Waals surface area contributed by atoms with E-state index in [2.05, 4.69) is 17.2 Å². The van der Waals surface area contributed by atoms with Crippen molar-refractivity contribution in [2.75, 3.05) is 13.6 Å². The number of fused-ring (bicyclic) bond motifs is 1. The highest BCUT2D eigenvalue weighted by atomic mass is 16.2. The molecule has 6 nitrogen and oxygen atoms in total. The zero-order chi connectivity index (χ0) is 21.7. The highest BCUT2D eigenvalue weighted by molar-refractivity contribution is 5.95. The van der Waals surface area contributed by atoms with Crippen molar-refractivity contribution in [2.24, 2.45) is 0 Å². The van der Waals surface area contributed by atoms with Crippen LogP contribution in [0.2, 0.25) is 0 Å². The summed E-state index contributed by atoms with van der Waals surface area (Å²) in [5.41, 5.74) is 4.42. The lowest BCUT2D eigenvalue weighted by atomic mass is 10.1. The van der Waals surface area contributed by atoms with Crippen LogP contribution in [0.5, 0.6) is 0 Å². The Labute approximate surface area is 177 Å². The SMILES string of the molecule is CCCCN(C)C(=O)Cn1c(CNC(=O)c2ccc(C)cc2C)nc2ccccc21. The van der Waals surface area contributed by atoms with Crippen molar-refractivity contribution in [3.8, 4) is 0 Å². The van der Waals surface area contributed by atoms with Gasteiger partial charge in [-0.15, -0.1) is 0 Å². The molecule has 2 aromatic carbocycles. The molecule has 0 radical (unpaired) electrons. The van der Waals surface area contributed by atoms with Crippen molar-refractivity contribution in [3.05, 3.63) is 65.0 Å². The van der Waals surface area contributed by atoms with E-state index in [-0.39, 0.29) is 24.9 Å². The fourth-order valence-corrected chi connectivity index (χ4v) is 3.54. The summed E-state index contributed by atoms with van der Waals surface area (Å²) in [6.45, 7) is 7.24. The first kappa shape index (κ1) is 21.6. The number of imidazole rings is 1. The summed E-state index contributed by atoms with van der Waals surface area (Å²) in [4.78, 5) is 31.9. The molecule has 6 heteroatoms. The maximum absolute atomic E-state index is 12.7. The summed E-state index contributed by atoms with van der Waals surface area (Å²) in [7, 11) is 1.83. The van der Waals surface area contributed by atoms with Crippen molar-refractivity contribution in [3.63, 3.8) is 0 Å². The zero-order valence-electron chi connectivity index (χ0n) is 18.2. The third-order valence-corrected chi connectivity index (χ3v) is 5.33. The number of nitrogens with one attached hydrogen (secondary N) is 1. The maximum atomic E-state index is 12.7. The fraction of sp³-hybridized carbons (Fsp3) is 0.375. The molecule has 3 rings (SSSR count). The number of unbranched alkanes of at least 4 members (excludes halogenated alkanes) is 1. The predicted molar refractivity (Wildman–Crippen MR) is 119 cm³/mol. The number of para-hydroxylation sites is 2. The Balaban J connectivity index is 1.80. The third kappa shape index (κ3) is 4.87. The fourth-order valence-electron chi connectivity index (χ4n) is 3.54. The van der Waals surface area contributed by atoms with Crippen LogP contribution >= 0.6 is 0 Å². The van der Waals surface area contributed by atoms with Gasteiger partial charge < -0.3 is 14.8 Å². The van der Waals surface area contributed by atoms with Crippen LogP contribution in [0.15, 0.2) is 42.5 Å². The Morgan fingerprint density at radius 3 is 2.63 bits per heavy atom. The van der Waals surface area contributed by atoms with E-state index in [1.807, 2.05) is 67.9 Å². The van der Waals surface area contributed by atoms with Gasteiger partial charge in [0.1, 0.15) is 12.4 Å². The Bertz CT molecular complexity index is 1050. The van der Waals surface area contributed by atoms with Gasteiger partial charge in [0.05, 0.1) is 17.6 Å². The Kier molecular flexibility index (Phi) is 6.87. The summed E-state index contributed by atoms with van der Waals surface area (Å²) in [5, 5.41) is 2.97. The quantitative estimate of drug-likeness (QED) is 0.618. The summed E-state index contributed by atoms with van der Waals surface area (Å²) < 4.78 is 1.91. The van der Waals surface area contributed by atoms with Crippen LogP contribution in [0.4, 0.5) is 0 Å². The van der Waals surface area contributed by atoms with Crippen LogP contribution in [0.25, 0.3) is 11.0 Å². The molecule has 0 fully saturated rings. The van der Waals surface area contributed by atoms with Gasteiger partial charge in [0.25, 0.3) is 5.91 Å². The highest BCUT2D eigenvalue weighted by Crippen LogP contribution is 2.17. The second-order valence-electron chi connectivity index (χ2n) is 7.77. The number of carbonyl (C=O) groups excluding carboxylic acids is 2. The van der Waals surface area contributed by atoms with E-state index in [1.54, 1.807) is 4.90 Å². The first-order valence-corrected chi connectivity index (χ1v) is 10.4. The summed E-state index contributed by atoms with van der Waals surface area (Å²) in [5.74, 6) is 0.567. The van der Waals surface area contributed by atoms with Crippen molar-refractivity contribution in [1.82, 2.24) is 19.8 Å². The maximum Gasteiger partial charge on any atom is 0.251 e. The molecule has 1 N–H and O–H groups in total. The predicted octanol–water partition coefficient (Wildman–Crippen LogP) is 3.84. The monoisotopic (exact) mass is 406 g/mol. The van der Waals surface area contributed by atoms with Gasteiger partial charge in [-0.1, -0.05) is 43.2 Å². The number of nitrogens with zero attached hydrogens (tertiary/aromatic N) is 3. The minimum Gasteiger partial charge on any atom is -0.345 e. The van der Waals surface area contributed by atoms with Gasteiger partial charge in [-0.3, -0.25) is 9.59 Å². The van der Waals surface area contributed by atoms with E-state index >= 15 is 0 Å². The minimum absolute atomic E-state index is 0.0357. The summed E-state index contributed by atoms with van der Waals surface area (Å²) in [6.07, 6.45) is 2.02. The van der Waals surface area contributed by atoms with E-state index in [1.165, 1.54) is 0 Å². The van der Waals surface area contributed by atoms with E-state index in [0.29, 0.717) is 11.4 Å². The van der Waals surface area contributed by atoms with Crippen LogP contribution in [0, 0.1) is 13.8 Å².